The molecular formula is C17H27N3O2. The zero-order valence-corrected chi connectivity index (χ0v) is 14.1. The number of carbonyl (C=O) groups excluding carboxylic acids is 1. The van der Waals surface area contributed by atoms with Gasteiger partial charge in [0.1, 0.15) is 5.82 Å². The molecule has 2 rings (SSSR count). The van der Waals surface area contributed by atoms with Gasteiger partial charge in [0.15, 0.2) is 0 Å². The molecule has 0 aromatic carbocycles. The molecule has 1 aromatic rings. The van der Waals surface area contributed by atoms with E-state index < -0.39 is 0 Å². The number of carbonyl (C=O) groups is 1. The first kappa shape index (κ1) is 16.9. The minimum absolute atomic E-state index is 0.263. The van der Waals surface area contributed by atoms with Crippen molar-refractivity contribution in [2.45, 2.75) is 52.6 Å². The van der Waals surface area contributed by atoms with Gasteiger partial charge >= 0.3 is 0 Å². The normalized spacial score (nSPS) is 18.8. The molecule has 1 fully saturated rings. The lowest BCUT2D eigenvalue weighted by Crippen LogP contribution is -2.40. The van der Waals surface area contributed by atoms with Crippen LogP contribution in [0.3, 0.4) is 0 Å². The maximum Gasteiger partial charge on any atom is 0.222 e. The van der Waals surface area contributed by atoms with Crippen LogP contribution in [0.25, 0.3) is 0 Å². The molecule has 0 N–H and O–H groups in total. The lowest BCUT2D eigenvalue weighted by molar-refractivity contribution is -0.133. The molecule has 2 heterocycles. The molecule has 0 saturated carbocycles. The second kappa shape index (κ2) is 7.68. The molecule has 1 amide bonds. The molecule has 122 valence electrons. The van der Waals surface area contributed by atoms with Gasteiger partial charge in [-0.05, 0) is 25.7 Å². The number of hydrogen-bond donors (Lipinski definition) is 0. The topological polar surface area (TPSA) is 55.3 Å². The highest BCUT2D eigenvalue weighted by molar-refractivity contribution is 5.76. The van der Waals surface area contributed by atoms with Crippen molar-refractivity contribution in [3.05, 3.63) is 23.3 Å². The van der Waals surface area contributed by atoms with Crippen LogP contribution in [0.5, 0.6) is 0 Å². The highest BCUT2D eigenvalue weighted by atomic mass is 16.5. The number of rotatable bonds is 5. The summed E-state index contributed by atoms with van der Waals surface area (Å²) in [5.74, 6) is 1.73. The van der Waals surface area contributed by atoms with Crippen molar-refractivity contribution in [1.82, 2.24) is 14.9 Å². The number of amides is 1. The summed E-state index contributed by atoms with van der Waals surface area (Å²) in [5, 5.41) is 0. The summed E-state index contributed by atoms with van der Waals surface area (Å²) in [5.41, 5.74) is 2.09. The fraction of sp³-hybridized carbons (Fsp3) is 0.706. The zero-order chi connectivity index (χ0) is 16.1. The van der Waals surface area contributed by atoms with Crippen molar-refractivity contribution in [3.63, 3.8) is 0 Å². The van der Waals surface area contributed by atoms with Crippen LogP contribution in [-0.2, 0) is 16.1 Å². The first-order chi connectivity index (χ1) is 10.5. The van der Waals surface area contributed by atoms with E-state index >= 15 is 0 Å². The number of piperidine rings is 1. The van der Waals surface area contributed by atoms with E-state index in [0.29, 0.717) is 18.9 Å². The molecule has 1 atom stereocenters. The Balaban J connectivity index is 2.15. The van der Waals surface area contributed by atoms with Gasteiger partial charge in [-0.25, -0.2) is 9.97 Å². The van der Waals surface area contributed by atoms with Crippen molar-refractivity contribution < 1.29 is 9.53 Å². The van der Waals surface area contributed by atoms with Crippen molar-refractivity contribution in [2.75, 3.05) is 20.2 Å². The molecule has 0 bridgehead atoms. The van der Waals surface area contributed by atoms with Gasteiger partial charge < -0.3 is 9.64 Å². The molecule has 1 aromatic heterocycles. The fourth-order valence-electron chi connectivity index (χ4n) is 3.04. The Morgan fingerprint density at radius 3 is 2.95 bits per heavy atom. The van der Waals surface area contributed by atoms with E-state index in [0.717, 1.165) is 43.0 Å². The fourth-order valence-corrected chi connectivity index (χ4v) is 3.04. The number of aryl methyl sites for hydroxylation is 1. The quantitative estimate of drug-likeness (QED) is 0.839. The van der Waals surface area contributed by atoms with Crippen LogP contribution in [0.2, 0.25) is 0 Å². The van der Waals surface area contributed by atoms with E-state index in [1.165, 1.54) is 0 Å². The molecule has 1 saturated heterocycles. The van der Waals surface area contributed by atoms with Gasteiger partial charge in [-0.3, -0.25) is 4.79 Å². The summed E-state index contributed by atoms with van der Waals surface area (Å²) in [4.78, 5) is 23.2. The van der Waals surface area contributed by atoms with Gasteiger partial charge in [-0.15, -0.1) is 0 Å². The van der Waals surface area contributed by atoms with E-state index in [2.05, 4.69) is 23.8 Å². The summed E-state index contributed by atoms with van der Waals surface area (Å²) in [7, 11) is 1.68. The highest BCUT2D eigenvalue weighted by Gasteiger charge is 2.27. The second-order valence-electron chi connectivity index (χ2n) is 6.54. The van der Waals surface area contributed by atoms with Crippen LogP contribution < -0.4 is 0 Å². The standard InChI is InChI=1S/C17H27N3O2/c1-12(2)8-16(21)20-7-5-6-14(10-20)17-15(11-22-4)9-18-13(3)19-17/h9,12,14H,5-8,10-11H2,1-4H3. The smallest absolute Gasteiger partial charge is 0.222 e. The number of nitrogens with zero attached hydrogens (tertiary/aromatic N) is 3. The third-order valence-corrected chi connectivity index (χ3v) is 4.06. The first-order valence-corrected chi connectivity index (χ1v) is 8.10. The van der Waals surface area contributed by atoms with Gasteiger partial charge in [0.05, 0.1) is 12.3 Å². The summed E-state index contributed by atoms with van der Waals surface area (Å²) in [6, 6.07) is 0. The lowest BCUT2D eigenvalue weighted by atomic mass is 9.91. The van der Waals surface area contributed by atoms with Crippen LogP contribution in [0.15, 0.2) is 6.20 Å². The SMILES string of the molecule is COCc1cnc(C)nc1C1CCCN(C(=O)CC(C)C)C1. The number of aromatic nitrogens is 2. The zero-order valence-electron chi connectivity index (χ0n) is 14.1. The summed E-state index contributed by atoms with van der Waals surface area (Å²) in [6.45, 7) is 8.23. The maximum atomic E-state index is 12.3. The average Bonchev–Trinajstić information content (AvgIpc) is 2.49. The molecule has 5 heteroatoms. The Hall–Kier alpha value is -1.49. The number of ether oxygens (including phenoxy) is 1. The predicted octanol–water partition coefficient (Wildman–Crippen LogP) is 2.68. The lowest BCUT2D eigenvalue weighted by Gasteiger charge is -2.33. The first-order valence-electron chi connectivity index (χ1n) is 8.10. The molecule has 0 aliphatic carbocycles. The van der Waals surface area contributed by atoms with Crippen molar-refractivity contribution in [2.24, 2.45) is 5.92 Å². The number of hydrogen-bond acceptors (Lipinski definition) is 4. The summed E-state index contributed by atoms with van der Waals surface area (Å²) in [6.07, 6.45) is 4.58. The van der Waals surface area contributed by atoms with Crippen LogP contribution >= 0.6 is 0 Å². The average molecular weight is 305 g/mol. The highest BCUT2D eigenvalue weighted by Crippen LogP contribution is 2.28. The predicted molar refractivity (Wildman–Crippen MR) is 85.5 cm³/mol. The van der Waals surface area contributed by atoms with Gasteiger partial charge in [0.25, 0.3) is 0 Å². The molecule has 1 aliphatic heterocycles. The van der Waals surface area contributed by atoms with E-state index in [1.807, 2.05) is 18.0 Å². The Morgan fingerprint density at radius 2 is 2.27 bits per heavy atom. The molecule has 5 nitrogen and oxygen atoms in total. The van der Waals surface area contributed by atoms with E-state index in [-0.39, 0.29) is 11.8 Å². The minimum Gasteiger partial charge on any atom is -0.380 e. The molecule has 1 unspecified atom stereocenters. The van der Waals surface area contributed by atoms with Crippen molar-refractivity contribution >= 4 is 5.91 Å². The number of likely N-dealkylation sites (tertiary alicyclic amines) is 1. The van der Waals surface area contributed by atoms with Crippen LogP contribution in [-0.4, -0.2) is 41.0 Å². The molecule has 22 heavy (non-hydrogen) atoms. The van der Waals surface area contributed by atoms with E-state index in [4.69, 9.17) is 4.74 Å². The molecule has 0 spiro atoms. The third-order valence-electron chi connectivity index (χ3n) is 4.06. The number of methoxy groups -OCH3 is 1. The summed E-state index contributed by atoms with van der Waals surface area (Å²) < 4.78 is 5.27. The second-order valence-corrected chi connectivity index (χ2v) is 6.54. The van der Waals surface area contributed by atoms with Gasteiger partial charge in [0.2, 0.25) is 5.91 Å². The van der Waals surface area contributed by atoms with Crippen LogP contribution in [0.4, 0.5) is 0 Å². The van der Waals surface area contributed by atoms with Crippen molar-refractivity contribution in [3.8, 4) is 0 Å². The largest absolute Gasteiger partial charge is 0.380 e. The molecule has 1 aliphatic rings. The summed E-state index contributed by atoms with van der Waals surface area (Å²) >= 11 is 0. The van der Waals surface area contributed by atoms with Crippen LogP contribution in [0, 0.1) is 12.8 Å². The van der Waals surface area contributed by atoms with Gasteiger partial charge in [-0.1, -0.05) is 13.8 Å². The Kier molecular flexibility index (Phi) is 5.89. The Labute approximate surface area is 133 Å². The third kappa shape index (κ3) is 4.26. The minimum atomic E-state index is 0.263. The Bertz CT molecular complexity index is 517. The van der Waals surface area contributed by atoms with E-state index in [1.54, 1.807) is 7.11 Å². The molecule has 0 radical (unpaired) electrons. The Morgan fingerprint density at radius 1 is 1.50 bits per heavy atom. The maximum absolute atomic E-state index is 12.3. The van der Waals surface area contributed by atoms with Gasteiger partial charge in [-0.2, -0.15) is 0 Å². The van der Waals surface area contributed by atoms with Crippen LogP contribution in [0.1, 0.15) is 56.1 Å². The van der Waals surface area contributed by atoms with Gasteiger partial charge in [0, 0.05) is 44.3 Å². The van der Waals surface area contributed by atoms with E-state index in [9.17, 15) is 4.79 Å². The molecular weight excluding hydrogens is 278 g/mol. The van der Waals surface area contributed by atoms with Crippen molar-refractivity contribution in [1.29, 1.82) is 0 Å². The monoisotopic (exact) mass is 305 g/mol.